The van der Waals surface area contributed by atoms with Crippen LogP contribution < -0.4 is 5.32 Å². The Morgan fingerprint density at radius 3 is 2.38 bits per heavy atom. The third-order valence-corrected chi connectivity index (χ3v) is 3.11. The van der Waals surface area contributed by atoms with Crippen LogP contribution in [0, 0.1) is 5.92 Å². The second-order valence-corrected chi connectivity index (χ2v) is 6.32. The van der Waals surface area contributed by atoms with Crippen LogP contribution in [0.1, 0.15) is 19.3 Å². The molecule has 1 unspecified atom stereocenters. The van der Waals surface area contributed by atoms with Crippen molar-refractivity contribution in [1.82, 2.24) is 5.32 Å². The summed E-state index contributed by atoms with van der Waals surface area (Å²) in [6, 6.07) is -0.438. The number of aliphatic carboxylic acids is 1. The van der Waals surface area contributed by atoms with Gasteiger partial charge in [0.2, 0.25) is 5.91 Å². The number of rotatable bonds is 6. The second-order valence-electron chi connectivity index (χ2n) is 4.18. The van der Waals surface area contributed by atoms with Crippen molar-refractivity contribution >= 4 is 21.7 Å². The van der Waals surface area contributed by atoms with Gasteiger partial charge in [-0.05, 0) is 18.8 Å². The Hall–Kier alpha value is -1.11. The van der Waals surface area contributed by atoms with Gasteiger partial charge in [0.15, 0.2) is 9.84 Å². The van der Waals surface area contributed by atoms with Gasteiger partial charge in [-0.3, -0.25) is 9.59 Å². The summed E-state index contributed by atoms with van der Waals surface area (Å²) < 4.78 is 21.7. The predicted octanol–water partition coefficient (Wildman–Crippen LogP) is -0.599. The SMILES string of the molecule is CS(=O)(=O)CC(=O)NC(CC(=O)O)C1CC1. The molecule has 16 heavy (non-hydrogen) atoms. The molecular formula is C9H15NO5S. The van der Waals surface area contributed by atoms with Crippen LogP contribution in [0.5, 0.6) is 0 Å². The van der Waals surface area contributed by atoms with E-state index in [1.807, 2.05) is 0 Å². The molecule has 0 aromatic carbocycles. The number of carboxylic acids is 1. The summed E-state index contributed by atoms with van der Waals surface area (Å²) in [4.78, 5) is 21.8. The molecule has 92 valence electrons. The number of nitrogens with one attached hydrogen (secondary N) is 1. The lowest BCUT2D eigenvalue weighted by Gasteiger charge is -2.15. The van der Waals surface area contributed by atoms with Crippen molar-refractivity contribution in [3.8, 4) is 0 Å². The van der Waals surface area contributed by atoms with Crippen molar-refractivity contribution in [1.29, 1.82) is 0 Å². The fourth-order valence-electron chi connectivity index (χ4n) is 1.51. The number of carbonyl (C=O) groups excluding carboxylic acids is 1. The lowest BCUT2D eigenvalue weighted by molar-refractivity contribution is -0.137. The Labute approximate surface area is 93.9 Å². The highest BCUT2D eigenvalue weighted by molar-refractivity contribution is 7.91. The summed E-state index contributed by atoms with van der Waals surface area (Å²) in [5.74, 6) is -2.02. The number of amides is 1. The van der Waals surface area contributed by atoms with Crippen LogP contribution in [0.15, 0.2) is 0 Å². The van der Waals surface area contributed by atoms with Gasteiger partial charge in [0.05, 0.1) is 6.42 Å². The number of carboxylic acid groups (broad SMARTS) is 1. The molecule has 7 heteroatoms. The molecule has 6 nitrogen and oxygen atoms in total. The van der Waals surface area contributed by atoms with Crippen LogP contribution in [-0.4, -0.2) is 43.5 Å². The molecule has 1 rings (SSSR count). The van der Waals surface area contributed by atoms with Gasteiger partial charge in [0, 0.05) is 12.3 Å². The Bertz CT molecular complexity index is 385. The maximum atomic E-state index is 11.3. The van der Waals surface area contributed by atoms with Gasteiger partial charge in [-0.1, -0.05) is 0 Å². The van der Waals surface area contributed by atoms with Crippen molar-refractivity contribution < 1.29 is 23.1 Å². The summed E-state index contributed by atoms with van der Waals surface area (Å²) in [6.45, 7) is 0. The number of hydrogen-bond donors (Lipinski definition) is 2. The first-order chi connectivity index (χ1) is 7.28. The smallest absolute Gasteiger partial charge is 0.305 e. The second kappa shape index (κ2) is 4.82. The maximum absolute atomic E-state index is 11.3. The summed E-state index contributed by atoms with van der Waals surface area (Å²) in [7, 11) is -3.36. The zero-order valence-corrected chi connectivity index (χ0v) is 9.79. The van der Waals surface area contributed by atoms with E-state index in [1.165, 1.54) is 0 Å². The third-order valence-electron chi connectivity index (χ3n) is 2.33. The van der Waals surface area contributed by atoms with Crippen molar-refractivity contribution in [2.45, 2.75) is 25.3 Å². The number of sulfone groups is 1. The first-order valence-electron chi connectivity index (χ1n) is 4.97. The molecule has 0 aliphatic heterocycles. The number of hydrogen-bond acceptors (Lipinski definition) is 4. The van der Waals surface area contributed by atoms with E-state index < -0.39 is 33.5 Å². The minimum absolute atomic E-state index is 0.153. The maximum Gasteiger partial charge on any atom is 0.305 e. The zero-order chi connectivity index (χ0) is 12.3. The Morgan fingerprint density at radius 2 is 2.00 bits per heavy atom. The van der Waals surface area contributed by atoms with Crippen LogP contribution in [0.4, 0.5) is 0 Å². The van der Waals surface area contributed by atoms with Crippen LogP contribution >= 0.6 is 0 Å². The third kappa shape index (κ3) is 5.11. The standard InChI is InChI=1S/C9H15NO5S/c1-16(14,15)5-8(11)10-7(4-9(12)13)6-2-3-6/h6-7H,2-5H2,1H3,(H,10,11)(H,12,13). The molecule has 0 heterocycles. The quantitative estimate of drug-likeness (QED) is 0.654. The van der Waals surface area contributed by atoms with Crippen LogP contribution in [0.2, 0.25) is 0 Å². The van der Waals surface area contributed by atoms with Crippen LogP contribution in [-0.2, 0) is 19.4 Å². The van der Waals surface area contributed by atoms with E-state index in [-0.39, 0.29) is 12.3 Å². The van der Waals surface area contributed by atoms with Crippen molar-refractivity contribution in [3.63, 3.8) is 0 Å². The normalized spacial score (nSPS) is 17.8. The largest absolute Gasteiger partial charge is 0.481 e. The van der Waals surface area contributed by atoms with Crippen LogP contribution in [0.3, 0.4) is 0 Å². The topological polar surface area (TPSA) is 101 Å². The first-order valence-corrected chi connectivity index (χ1v) is 7.03. The summed E-state index contributed by atoms with van der Waals surface area (Å²) in [5, 5.41) is 11.1. The zero-order valence-electron chi connectivity index (χ0n) is 8.97. The fraction of sp³-hybridized carbons (Fsp3) is 0.778. The van der Waals surface area contributed by atoms with Crippen molar-refractivity contribution in [2.75, 3.05) is 12.0 Å². The summed E-state index contributed by atoms with van der Waals surface area (Å²) in [6.07, 6.45) is 2.59. The molecule has 2 N–H and O–H groups in total. The van der Waals surface area contributed by atoms with Gasteiger partial charge in [-0.15, -0.1) is 0 Å². The molecule has 1 saturated carbocycles. The van der Waals surface area contributed by atoms with E-state index in [4.69, 9.17) is 5.11 Å². The van der Waals surface area contributed by atoms with Gasteiger partial charge in [-0.25, -0.2) is 8.42 Å². The molecule has 1 atom stereocenters. The highest BCUT2D eigenvalue weighted by Gasteiger charge is 2.34. The average molecular weight is 249 g/mol. The lowest BCUT2D eigenvalue weighted by Crippen LogP contribution is -2.40. The molecule has 0 saturated heterocycles. The molecule has 1 aliphatic carbocycles. The Balaban J connectivity index is 2.48. The molecule has 0 aromatic rings. The minimum Gasteiger partial charge on any atom is -0.481 e. The monoisotopic (exact) mass is 249 g/mol. The highest BCUT2D eigenvalue weighted by atomic mass is 32.2. The molecule has 1 aliphatic rings. The van der Waals surface area contributed by atoms with Gasteiger partial charge < -0.3 is 10.4 Å². The van der Waals surface area contributed by atoms with Gasteiger partial charge in [0.25, 0.3) is 0 Å². The van der Waals surface area contributed by atoms with E-state index in [2.05, 4.69) is 5.32 Å². The molecule has 0 bridgehead atoms. The van der Waals surface area contributed by atoms with E-state index in [9.17, 15) is 18.0 Å². The molecule has 1 fully saturated rings. The highest BCUT2D eigenvalue weighted by Crippen LogP contribution is 2.33. The van der Waals surface area contributed by atoms with E-state index in [1.54, 1.807) is 0 Å². The molecule has 0 radical (unpaired) electrons. The molecule has 1 amide bonds. The predicted molar refractivity (Wildman–Crippen MR) is 56.6 cm³/mol. The van der Waals surface area contributed by atoms with Gasteiger partial charge >= 0.3 is 5.97 Å². The van der Waals surface area contributed by atoms with E-state index >= 15 is 0 Å². The number of carbonyl (C=O) groups is 2. The van der Waals surface area contributed by atoms with E-state index in [0.717, 1.165) is 19.1 Å². The fourth-order valence-corrected chi connectivity index (χ4v) is 2.07. The Kier molecular flexibility index (Phi) is 3.90. The van der Waals surface area contributed by atoms with Gasteiger partial charge in [-0.2, -0.15) is 0 Å². The Morgan fingerprint density at radius 1 is 1.44 bits per heavy atom. The van der Waals surface area contributed by atoms with Crippen LogP contribution in [0.25, 0.3) is 0 Å². The van der Waals surface area contributed by atoms with E-state index in [0.29, 0.717) is 0 Å². The minimum atomic E-state index is -3.36. The van der Waals surface area contributed by atoms with Crippen molar-refractivity contribution in [3.05, 3.63) is 0 Å². The average Bonchev–Trinajstić information content (AvgIpc) is 2.78. The summed E-state index contributed by atoms with van der Waals surface area (Å²) in [5.41, 5.74) is 0. The van der Waals surface area contributed by atoms with Crippen molar-refractivity contribution in [2.24, 2.45) is 5.92 Å². The first kappa shape index (κ1) is 13.0. The molecular weight excluding hydrogens is 234 g/mol. The molecule has 0 aromatic heterocycles. The van der Waals surface area contributed by atoms with Gasteiger partial charge in [0.1, 0.15) is 5.75 Å². The molecule has 0 spiro atoms. The summed E-state index contributed by atoms with van der Waals surface area (Å²) >= 11 is 0. The lowest BCUT2D eigenvalue weighted by atomic mass is 10.1.